The zero-order valence-corrected chi connectivity index (χ0v) is 36.1. The molecule has 3 heterocycles. The number of quaternary nitrogens is 1. The van der Waals surface area contributed by atoms with Gasteiger partial charge >= 0.3 is 0 Å². The number of fused-ring (bicyclic) bond motifs is 5. The zero-order valence-electron chi connectivity index (χ0n) is 36.1. The van der Waals surface area contributed by atoms with Crippen LogP contribution in [0.3, 0.4) is 0 Å². The van der Waals surface area contributed by atoms with Crippen molar-refractivity contribution in [2.75, 3.05) is 0 Å². The smallest absolute Gasteiger partial charge is 0.155 e. The van der Waals surface area contributed by atoms with Gasteiger partial charge in [0, 0.05) is 58.0 Å². The average Bonchev–Trinajstić information content (AvgIpc) is 4.03. The van der Waals surface area contributed by atoms with E-state index in [0.29, 0.717) is 10.4 Å². The average molecular weight is 764 g/mol. The maximum Gasteiger partial charge on any atom is 0.155 e. The number of hydrogen-bond donors (Lipinski definition) is 1. The molecule has 0 radical (unpaired) electrons. The van der Waals surface area contributed by atoms with E-state index in [4.69, 9.17) is 0 Å². The van der Waals surface area contributed by atoms with E-state index in [-0.39, 0.29) is 0 Å². The number of para-hydroxylation sites is 1. The minimum Gasteiger partial charge on any atom is -0.361 e. The summed E-state index contributed by atoms with van der Waals surface area (Å²) in [6, 6.07) is 40.1. The summed E-state index contributed by atoms with van der Waals surface area (Å²) < 4.78 is 0.667. The Kier molecular flexibility index (Phi) is 14.2. The van der Waals surface area contributed by atoms with Crippen molar-refractivity contribution in [3.63, 3.8) is 0 Å². The Morgan fingerprint density at radius 3 is 2.09 bits per heavy atom. The molecule has 0 saturated carbocycles. The van der Waals surface area contributed by atoms with Crippen LogP contribution in [-0.2, 0) is 0 Å². The van der Waals surface area contributed by atoms with Crippen LogP contribution in [0.4, 0.5) is 5.69 Å². The Labute approximate surface area is 349 Å². The Hall–Kier alpha value is -5.70. The van der Waals surface area contributed by atoms with Gasteiger partial charge in [0.2, 0.25) is 0 Å². The predicted octanol–water partition coefficient (Wildman–Crippen LogP) is 14.5. The van der Waals surface area contributed by atoms with Crippen molar-refractivity contribution < 1.29 is 0 Å². The van der Waals surface area contributed by atoms with E-state index in [1.54, 1.807) is 0 Å². The number of H-pyrrole nitrogens is 1. The molecule has 2 aliphatic heterocycles. The van der Waals surface area contributed by atoms with Gasteiger partial charge in [-0.25, -0.2) is 0 Å². The lowest BCUT2D eigenvalue weighted by atomic mass is 9.88. The number of aromatic nitrogens is 1. The van der Waals surface area contributed by atoms with Crippen LogP contribution in [-0.4, -0.2) is 4.98 Å². The van der Waals surface area contributed by atoms with Crippen LogP contribution in [0.1, 0.15) is 103 Å². The van der Waals surface area contributed by atoms with Crippen LogP contribution in [0.5, 0.6) is 0 Å². The summed E-state index contributed by atoms with van der Waals surface area (Å²) in [5.74, 6) is 0.390. The second kappa shape index (κ2) is 19.6. The minimum atomic E-state index is 0.390. The number of allylic oxidation sites excluding steroid dienone is 9. The SMILES string of the molecule is CC.CC.CC.CC1=c2[nH]ccc2=CCC1.Cc1ccccc1-c1cccc(C2=CC3=C(CC2)c2ccccc2[N+]32C=C(C3C=CC=CC3)C=C2c2ccccc2)c1. The van der Waals surface area contributed by atoms with Gasteiger partial charge in [0.05, 0.1) is 0 Å². The number of aryl methyl sites for hydroxylation is 1. The van der Waals surface area contributed by atoms with Crippen LogP contribution >= 0.6 is 0 Å². The molecule has 0 saturated heterocycles. The van der Waals surface area contributed by atoms with Gasteiger partial charge in [0.25, 0.3) is 0 Å². The second-order valence-corrected chi connectivity index (χ2v) is 14.7. The summed E-state index contributed by atoms with van der Waals surface area (Å²) in [5, 5.41) is 2.72. The molecule has 1 N–H and O–H groups in total. The number of rotatable bonds is 4. The van der Waals surface area contributed by atoms with Crippen molar-refractivity contribution in [1.82, 2.24) is 9.47 Å². The molecule has 2 heteroatoms. The summed E-state index contributed by atoms with van der Waals surface area (Å²) in [4.78, 5) is 3.24. The van der Waals surface area contributed by atoms with Crippen molar-refractivity contribution in [1.29, 1.82) is 0 Å². The van der Waals surface area contributed by atoms with E-state index in [2.05, 4.69) is 177 Å². The molecule has 2 nitrogen and oxygen atoms in total. The van der Waals surface area contributed by atoms with E-state index in [1.165, 1.54) is 96.2 Å². The Bertz CT molecular complexity index is 2510. The Morgan fingerprint density at radius 2 is 1.34 bits per heavy atom. The summed E-state index contributed by atoms with van der Waals surface area (Å²) in [5.41, 5.74) is 17.8. The van der Waals surface area contributed by atoms with Crippen molar-refractivity contribution in [3.8, 4) is 11.1 Å². The molecule has 296 valence electrons. The van der Waals surface area contributed by atoms with Gasteiger partial charge in [-0.1, -0.05) is 145 Å². The minimum absolute atomic E-state index is 0.390. The lowest BCUT2D eigenvalue weighted by Crippen LogP contribution is -2.37. The molecule has 1 spiro atoms. The van der Waals surface area contributed by atoms with Gasteiger partial charge in [-0.3, -0.25) is 0 Å². The molecule has 0 amide bonds. The van der Waals surface area contributed by atoms with Gasteiger partial charge in [-0.2, -0.15) is 4.48 Å². The molecule has 5 aliphatic rings. The van der Waals surface area contributed by atoms with Gasteiger partial charge in [-0.05, 0) is 115 Å². The molecule has 5 aromatic rings. The van der Waals surface area contributed by atoms with Crippen molar-refractivity contribution in [3.05, 3.63) is 202 Å². The molecular formula is C56H63N2+. The Balaban J connectivity index is 0.000000301. The molecule has 1 aromatic heterocycles. The number of nitrogens with zero attached hydrogens (tertiary/aromatic N) is 1. The van der Waals surface area contributed by atoms with Crippen LogP contribution < -0.4 is 15.1 Å². The first-order chi connectivity index (χ1) is 28.6. The predicted molar refractivity (Wildman–Crippen MR) is 255 cm³/mol. The summed E-state index contributed by atoms with van der Waals surface area (Å²) in [6.45, 7) is 16.4. The maximum absolute atomic E-state index is 3.24. The number of benzene rings is 4. The van der Waals surface area contributed by atoms with E-state index < -0.39 is 0 Å². The van der Waals surface area contributed by atoms with E-state index in [0.717, 1.165) is 19.3 Å². The van der Waals surface area contributed by atoms with Crippen molar-refractivity contribution >= 4 is 34.2 Å². The first-order valence-electron chi connectivity index (χ1n) is 21.9. The molecule has 0 fully saturated rings. The van der Waals surface area contributed by atoms with Crippen LogP contribution in [0, 0.1) is 12.8 Å². The third kappa shape index (κ3) is 8.17. The molecule has 3 aliphatic carbocycles. The van der Waals surface area contributed by atoms with Gasteiger partial charge in [0.15, 0.2) is 17.1 Å². The molecule has 0 bridgehead atoms. The zero-order chi connectivity index (χ0) is 41.1. The normalized spacial score (nSPS) is 19.1. The fourth-order valence-corrected chi connectivity index (χ4v) is 8.88. The molecule has 10 rings (SSSR count). The topological polar surface area (TPSA) is 15.8 Å². The standard InChI is InChI=1S/C41H34N.C9H11N.3C2H6/c1-29-13-8-9-20-36(29)34-19-12-18-32(25-34)33-23-24-38-37-21-10-11-22-39(37)42(41(38)26-33)28-35(30-14-4-2-5-15-30)27-40(42)31-16-6-3-7-17-31;1-7-3-2-4-8-5-6-10-9(7)8;3*1-2/h2-14,16-22,25-28,30H,15,23-24H2,1H3;4-6,10H,2-3H2,1H3;3*1-2H3/q+1;;;;. The first kappa shape index (κ1) is 41.9. The van der Waals surface area contributed by atoms with Crippen LogP contribution in [0.15, 0.2) is 169 Å². The number of aromatic amines is 1. The second-order valence-electron chi connectivity index (χ2n) is 14.7. The van der Waals surface area contributed by atoms with Crippen molar-refractivity contribution in [2.45, 2.75) is 87.5 Å². The molecular weight excluding hydrogens is 701 g/mol. The first-order valence-corrected chi connectivity index (χ1v) is 21.9. The third-order valence-electron chi connectivity index (χ3n) is 11.5. The monoisotopic (exact) mass is 763 g/mol. The fourth-order valence-electron chi connectivity index (χ4n) is 8.88. The highest BCUT2D eigenvalue weighted by atomic mass is 15.4. The van der Waals surface area contributed by atoms with Gasteiger partial charge in [0.1, 0.15) is 6.20 Å². The number of hydrogen-bond acceptors (Lipinski definition) is 0. The van der Waals surface area contributed by atoms with Gasteiger partial charge < -0.3 is 4.98 Å². The lowest BCUT2D eigenvalue weighted by Gasteiger charge is -2.33. The van der Waals surface area contributed by atoms with Crippen molar-refractivity contribution in [2.24, 2.45) is 5.92 Å². The van der Waals surface area contributed by atoms with E-state index >= 15 is 0 Å². The molecule has 58 heavy (non-hydrogen) atoms. The highest BCUT2D eigenvalue weighted by Crippen LogP contribution is 2.58. The van der Waals surface area contributed by atoms with Crippen LogP contribution in [0.25, 0.3) is 39.6 Å². The third-order valence-corrected chi connectivity index (χ3v) is 11.5. The van der Waals surface area contributed by atoms with E-state index in [9.17, 15) is 0 Å². The number of nitrogens with one attached hydrogen (secondary N) is 1. The van der Waals surface area contributed by atoms with Crippen LogP contribution in [0.2, 0.25) is 0 Å². The summed E-state index contributed by atoms with van der Waals surface area (Å²) in [6.07, 6.45) is 26.5. The Morgan fingerprint density at radius 1 is 0.638 bits per heavy atom. The highest BCUT2D eigenvalue weighted by Gasteiger charge is 2.51. The molecule has 4 aromatic carbocycles. The fraction of sp³-hybridized carbons (Fsp3) is 0.250. The molecule has 2 atom stereocenters. The highest BCUT2D eigenvalue weighted by molar-refractivity contribution is 6.00. The largest absolute Gasteiger partial charge is 0.361 e. The quantitative estimate of drug-likeness (QED) is 0.176. The van der Waals surface area contributed by atoms with Gasteiger partial charge in [-0.15, -0.1) is 0 Å². The lowest BCUT2D eigenvalue weighted by molar-refractivity contribution is 0.657. The summed E-state index contributed by atoms with van der Waals surface area (Å²) in [7, 11) is 0. The maximum atomic E-state index is 3.24. The summed E-state index contributed by atoms with van der Waals surface area (Å²) >= 11 is 0. The van der Waals surface area contributed by atoms with E-state index in [1.807, 2.05) is 47.7 Å². The molecule has 2 unspecified atom stereocenters.